The number of hydrogen-bond acceptors (Lipinski definition) is 3. The van der Waals surface area contributed by atoms with Crippen molar-refractivity contribution in [2.45, 2.75) is 39.2 Å². The lowest BCUT2D eigenvalue weighted by molar-refractivity contribution is 0.529. The Morgan fingerprint density at radius 3 is 2.74 bits per heavy atom. The summed E-state index contributed by atoms with van der Waals surface area (Å²) in [5.74, 6) is 0.539. The van der Waals surface area contributed by atoms with Gasteiger partial charge in [-0.1, -0.05) is 6.92 Å². The molecule has 2 atom stereocenters. The normalized spacial score (nSPS) is 22.6. The van der Waals surface area contributed by atoms with E-state index in [4.69, 9.17) is 4.42 Å². The summed E-state index contributed by atoms with van der Waals surface area (Å²) in [7, 11) is 2.11. The lowest BCUT2D eigenvalue weighted by atomic mass is 9.86. The fourth-order valence-electron chi connectivity index (χ4n) is 3.11. The minimum atomic E-state index is -0.274. The highest BCUT2D eigenvalue weighted by molar-refractivity contribution is 5.86. The second-order valence-corrected chi connectivity index (χ2v) is 5.75. The average molecular weight is 257 g/mol. The molecule has 1 aromatic carbocycles. The van der Waals surface area contributed by atoms with Crippen molar-refractivity contribution in [2.75, 3.05) is 11.9 Å². The van der Waals surface area contributed by atoms with Gasteiger partial charge in [0.05, 0.1) is 0 Å². The zero-order valence-electron chi connectivity index (χ0n) is 11.9. The van der Waals surface area contributed by atoms with Crippen molar-refractivity contribution in [2.24, 2.45) is 0 Å². The van der Waals surface area contributed by atoms with E-state index >= 15 is 0 Å². The Bertz CT molecular complexity index is 702. The van der Waals surface area contributed by atoms with Crippen LogP contribution < -0.4 is 10.5 Å². The van der Waals surface area contributed by atoms with Gasteiger partial charge in [-0.2, -0.15) is 0 Å². The summed E-state index contributed by atoms with van der Waals surface area (Å²) in [6, 6.07) is 6.28. The van der Waals surface area contributed by atoms with Crippen molar-refractivity contribution in [1.82, 2.24) is 0 Å². The van der Waals surface area contributed by atoms with Gasteiger partial charge in [-0.25, -0.2) is 4.79 Å². The molecule has 100 valence electrons. The minimum Gasteiger partial charge on any atom is -0.423 e. The van der Waals surface area contributed by atoms with Crippen LogP contribution in [0.25, 0.3) is 11.0 Å². The quantitative estimate of drug-likeness (QED) is 0.678. The molecule has 0 amide bonds. The molecule has 0 radical (unpaired) electrons. The summed E-state index contributed by atoms with van der Waals surface area (Å²) in [5, 5.41) is 1.05. The first-order valence-corrected chi connectivity index (χ1v) is 6.78. The molecule has 0 N–H and O–H groups in total. The minimum absolute atomic E-state index is 0.274. The first-order chi connectivity index (χ1) is 8.97. The molecule has 3 heteroatoms. The van der Waals surface area contributed by atoms with E-state index in [2.05, 4.69) is 31.9 Å². The molecule has 1 aliphatic heterocycles. The van der Waals surface area contributed by atoms with Gasteiger partial charge in [0.25, 0.3) is 0 Å². The molecule has 0 fully saturated rings. The van der Waals surface area contributed by atoms with Gasteiger partial charge in [-0.15, -0.1) is 0 Å². The van der Waals surface area contributed by atoms with Crippen LogP contribution in [0.1, 0.15) is 37.3 Å². The second-order valence-electron chi connectivity index (χ2n) is 5.75. The largest absolute Gasteiger partial charge is 0.423 e. The number of nitrogens with zero attached hydrogens (tertiary/aromatic N) is 1. The number of anilines is 1. The molecule has 2 heterocycles. The number of hydrogen-bond donors (Lipinski definition) is 0. The monoisotopic (exact) mass is 257 g/mol. The molecule has 0 saturated heterocycles. The predicted molar refractivity (Wildman–Crippen MR) is 78.1 cm³/mol. The maximum absolute atomic E-state index is 11.5. The Balaban J connectivity index is 2.33. The maximum Gasteiger partial charge on any atom is 0.336 e. The van der Waals surface area contributed by atoms with E-state index in [1.807, 2.05) is 13.0 Å². The molecule has 0 unspecified atom stereocenters. The molecule has 1 aromatic heterocycles. The third-order valence-corrected chi connectivity index (χ3v) is 4.37. The summed E-state index contributed by atoms with van der Waals surface area (Å²) in [6.45, 7) is 6.46. The van der Waals surface area contributed by atoms with Crippen molar-refractivity contribution in [3.05, 3.63) is 39.7 Å². The van der Waals surface area contributed by atoms with E-state index < -0.39 is 0 Å². The van der Waals surface area contributed by atoms with Gasteiger partial charge in [0, 0.05) is 36.3 Å². The molecule has 3 rings (SSSR count). The lowest BCUT2D eigenvalue weighted by Crippen LogP contribution is -2.34. The fraction of sp³-hybridized carbons (Fsp3) is 0.438. The summed E-state index contributed by atoms with van der Waals surface area (Å²) in [4.78, 5) is 13.8. The van der Waals surface area contributed by atoms with Crippen LogP contribution in [-0.4, -0.2) is 13.1 Å². The van der Waals surface area contributed by atoms with Crippen LogP contribution in [0.5, 0.6) is 0 Å². The topological polar surface area (TPSA) is 33.5 Å². The number of fused-ring (bicyclic) bond motifs is 2. The van der Waals surface area contributed by atoms with E-state index in [1.54, 1.807) is 6.07 Å². The van der Waals surface area contributed by atoms with E-state index in [9.17, 15) is 4.79 Å². The average Bonchev–Trinajstić information content (AvgIpc) is 2.34. The van der Waals surface area contributed by atoms with E-state index in [0.29, 0.717) is 17.5 Å². The lowest BCUT2D eigenvalue weighted by Gasteiger charge is -2.37. The third-order valence-electron chi connectivity index (χ3n) is 4.37. The van der Waals surface area contributed by atoms with Gasteiger partial charge in [0.1, 0.15) is 5.58 Å². The van der Waals surface area contributed by atoms with Crippen molar-refractivity contribution in [3.8, 4) is 0 Å². The van der Waals surface area contributed by atoms with Crippen LogP contribution in [0, 0.1) is 6.92 Å². The third kappa shape index (κ3) is 1.84. The fourth-order valence-corrected chi connectivity index (χ4v) is 3.11. The first-order valence-electron chi connectivity index (χ1n) is 6.78. The smallest absolute Gasteiger partial charge is 0.336 e. The molecule has 0 aliphatic carbocycles. The SMILES string of the molecule is Cc1cc(=O)oc2cc3c(cc12)[C@@H](C)C[C@H](C)N3C. The molecule has 0 saturated carbocycles. The second kappa shape index (κ2) is 4.12. The highest BCUT2D eigenvalue weighted by Gasteiger charge is 2.26. The van der Waals surface area contributed by atoms with Gasteiger partial charge < -0.3 is 9.32 Å². The molecule has 3 nitrogen and oxygen atoms in total. The van der Waals surface area contributed by atoms with Crippen LogP contribution in [-0.2, 0) is 0 Å². The van der Waals surface area contributed by atoms with Gasteiger partial charge in [0.2, 0.25) is 0 Å². The maximum atomic E-state index is 11.5. The van der Waals surface area contributed by atoms with Crippen molar-refractivity contribution >= 4 is 16.7 Å². The molecule has 0 bridgehead atoms. The van der Waals surface area contributed by atoms with E-state index in [-0.39, 0.29) is 5.63 Å². The summed E-state index contributed by atoms with van der Waals surface area (Å²) in [6.07, 6.45) is 1.16. The van der Waals surface area contributed by atoms with Gasteiger partial charge in [-0.05, 0) is 43.4 Å². The molecule has 19 heavy (non-hydrogen) atoms. The van der Waals surface area contributed by atoms with Crippen LogP contribution in [0.15, 0.2) is 27.4 Å². The van der Waals surface area contributed by atoms with Crippen LogP contribution in [0.2, 0.25) is 0 Å². The van der Waals surface area contributed by atoms with E-state index in [1.165, 1.54) is 11.3 Å². The number of benzene rings is 1. The van der Waals surface area contributed by atoms with Crippen molar-refractivity contribution in [1.29, 1.82) is 0 Å². The highest BCUT2D eigenvalue weighted by atomic mass is 16.4. The Hall–Kier alpha value is -1.77. The Labute approximate surface area is 112 Å². The molecule has 2 aromatic rings. The Morgan fingerprint density at radius 2 is 2.00 bits per heavy atom. The van der Waals surface area contributed by atoms with Crippen LogP contribution >= 0.6 is 0 Å². The Kier molecular flexibility index (Phi) is 2.66. The van der Waals surface area contributed by atoms with Gasteiger partial charge in [0.15, 0.2) is 0 Å². The zero-order chi connectivity index (χ0) is 13.7. The molecular formula is C16H19NO2. The molecule has 1 aliphatic rings. The van der Waals surface area contributed by atoms with Crippen LogP contribution in [0.4, 0.5) is 5.69 Å². The highest BCUT2D eigenvalue weighted by Crippen LogP contribution is 2.39. The molecular weight excluding hydrogens is 238 g/mol. The van der Waals surface area contributed by atoms with Gasteiger partial charge in [-0.3, -0.25) is 0 Å². The predicted octanol–water partition coefficient (Wildman–Crippen LogP) is 3.43. The Morgan fingerprint density at radius 1 is 1.26 bits per heavy atom. The number of aryl methyl sites for hydroxylation is 1. The molecule has 0 spiro atoms. The van der Waals surface area contributed by atoms with E-state index in [0.717, 1.165) is 17.4 Å². The van der Waals surface area contributed by atoms with Gasteiger partial charge >= 0.3 is 5.63 Å². The van der Waals surface area contributed by atoms with Crippen molar-refractivity contribution in [3.63, 3.8) is 0 Å². The zero-order valence-corrected chi connectivity index (χ0v) is 11.9. The summed E-state index contributed by atoms with van der Waals surface area (Å²) in [5.41, 5.74) is 3.95. The summed E-state index contributed by atoms with van der Waals surface area (Å²) < 4.78 is 5.35. The first kappa shape index (κ1) is 12.3. The summed E-state index contributed by atoms with van der Waals surface area (Å²) >= 11 is 0. The number of rotatable bonds is 0. The van der Waals surface area contributed by atoms with Crippen molar-refractivity contribution < 1.29 is 4.42 Å². The standard InChI is InChI=1S/C16H19NO2/c1-9-5-11(3)17(4)14-8-15-13(7-12(9)14)10(2)6-16(18)19-15/h6-9,11H,5H2,1-4H3/t9-,11-/m0/s1. The van der Waals surface area contributed by atoms with Crippen LogP contribution in [0.3, 0.4) is 0 Å².